The molecule has 3 aromatic rings. The highest BCUT2D eigenvalue weighted by Crippen LogP contribution is 2.41. The maximum atomic E-state index is 11.8. The van der Waals surface area contributed by atoms with Gasteiger partial charge in [-0.2, -0.15) is 13.8 Å². The molecule has 4 rings (SSSR count). The summed E-state index contributed by atoms with van der Waals surface area (Å²) in [5.74, 6) is 0.255. The van der Waals surface area contributed by atoms with Crippen LogP contribution in [-0.4, -0.2) is 24.5 Å². The van der Waals surface area contributed by atoms with Gasteiger partial charge in [-0.1, -0.05) is 0 Å². The zero-order valence-corrected chi connectivity index (χ0v) is 11.4. The van der Waals surface area contributed by atoms with Crippen LogP contribution in [0.1, 0.15) is 23.6 Å². The van der Waals surface area contributed by atoms with E-state index in [0.717, 1.165) is 22.3 Å². The average molecular weight is 286 g/mol. The highest BCUT2D eigenvalue weighted by atomic mass is 32.1. The van der Waals surface area contributed by atoms with Crippen LogP contribution in [0.15, 0.2) is 24.4 Å². The molecule has 0 N–H and O–H groups in total. The zero-order chi connectivity index (χ0) is 13.7. The van der Waals surface area contributed by atoms with E-state index in [4.69, 9.17) is 4.74 Å². The van der Waals surface area contributed by atoms with Crippen LogP contribution in [0, 0.1) is 0 Å². The zero-order valence-electron chi connectivity index (χ0n) is 10.6. The highest BCUT2D eigenvalue weighted by molar-refractivity contribution is 7.00. The predicted molar refractivity (Wildman–Crippen MR) is 72.7 cm³/mol. The molecule has 1 aliphatic rings. The average Bonchev–Trinajstić information content (AvgIpc) is 3.05. The molecule has 6 nitrogen and oxygen atoms in total. The lowest BCUT2D eigenvalue weighted by molar-refractivity contribution is -0.135. The minimum Gasteiger partial charge on any atom is -0.426 e. The summed E-state index contributed by atoms with van der Waals surface area (Å²) in [6, 6.07) is 5.54. The molecule has 2 aromatic heterocycles. The maximum Gasteiger partial charge on any atom is 0.312 e. The lowest BCUT2D eigenvalue weighted by Crippen LogP contribution is -2.22. The Morgan fingerprint density at radius 3 is 3.05 bits per heavy atom. The van der Waals surface area contributed by atoms with Gasteiger partial charge in [0.15, 0.2) is 0 Å². The molecular formula is C13H10N4O2S. The van der Waals surface area contributed by atoms with Gasteiger partial charge in [-0.15, -0.1) is 0 Å². The molecule has 3 heterocycles. The second-order valence-corrected chi connectivity index (χ2v) is 5.25. The highest BCUT2D eigenvalue weighted by Gasteiger charge is 2.32. The lowest BCUT2D eigenvalue weighted by atomic mass is 9.89. The Balaban J connectivity index is 2.01. The molecule has 0 bridgehead atoms. The Morgan fingerprint density at radius 2 is 2.25 bits per heavy atom. The molecule has 0 unspecified atom stereocenters. The number of fused-ring (bicyclic) bond motifs is 3. The van der Waals surface area contributed by atoms with Gasteiger partial charge in [0, 0.05) is 30.4 Å². The van der Waals surface area contributed by atoms with Gasteiger partial charge in [0.2, 0.25) is 0 Å². The summed E-state index contributed by atoms with van der Waals surface area (Å²) in [6.07, 6.45) is 2.03. The van der Waals surface area contributed by atoms with E-state index in [1.165, 1.54) is 11.7 Å². The normalized spacial score (nSPS) is 18.1. The van der Waals surface area contributed by atoms with Gasteiger partial charge in [0.05, 0.1) is 18.1 Å². The Labute approximate surface area is 118 Å². The molecule has 0 aliphatic carbocycles. The summed E-state index contributed by atoms with van der Waals surface area (Å²) in [7, 11) is 1.87. The van der Waals surface area contributed by atoms with E-state index in [9.17, 15) is 4.79 Å². The lowest BCUT2D eigenvalue weighted by Gasteiger charge is -2.24. The van der Waals surface area contributed by atoms with Crippen LogP contribution in [-0.2, 0) is 11.8 Å². The summed E-state index contributed by atoms with van der Waals surface area (Å²) in [4.78, 5) is 11.8. The molecule has 0 radical (unpaired) electrons. The van der Waals surface area contributed by atoms with Gasteiger partial charge in [0.25, 0.3) is 0 Å². The third-order valence-electron chi connectivity index (χ3n) is 3.59. The minimum absolute atomic E-state index is 0.0913. The third-order valence-corrected chi connectivity index (χ3v) is 4.13. The van der Waals surface area contributed by atoms with Crippen LogP contribution in [0.5, 0.6) is 5.75 Å². The molecular weight excluding hydrogens is 276 g/mol. The first-order chi connectivity index (χ1) is 9.74. The fraction of sp³-hybridized carbons (Fsp3) is 0.231. The van der Waals surface area contributed by atoms with Crippen molar-refractivity contribution in [1.82, 2.24) is 18.5 Å². The Hall–Kier alpha value is -2.28. The van der Waals surface area contributed by atoms with Crippen LogP contribution < -0.4 is 4.74 Å². The predicted octanol–water partition coefficient (Wildman–Crippen LogP) is 1.87. The molecule has 0 amide bonds. The maximum absolute atomic E-state index is 11.8. The molecule has 1 aliphatic heterocycles. The summed E-state index contributed by atoms with van der Waals surface area (Å²) in [5, 5.41) is 4.19. The number of aryl methyl sites for hydroxylation is 1. The number of rotatable bonds is 1. The number of hydrogen-bond donors (Lipinski definition) is 0. The fourth-order valence-electron chi connectivity index (χ4n) is 2.69. The van der Waals surface area contributed by atoms with E-state index in [-0.39, 0.29) is 11.9 Å². The van der Waals surface area contributed by atoms with Crippen molar-refractivity contribution >= 4 is 28.7 Å². The quantitative estimate of drug-likeness (QED) is 0.504. The topological polar surface area (TPSA) is 69.9 Å². The molecule has 20 heavy (non-hydrogen) atoms. The van der Waals surface area contributed by atoms with E-state index >= 15 is 0 Å². The molecule has 100 valence electrons. The van der Waals surface area contributed by atoms with Crippen molar-refractivity contribution in [3.05, 3.63) is 35.7 Å². The number of benzene rings is 1. The van der Waals surface area contributed by atoms with Crippen LogP contribution >= 0.6 is 11.7 Å². The van der Waals surface area contributed by atoms with E-state index in [1.807, 2.05) is 19.2 Å². The summed E-state index contributed by atoms with van der Waals surface area (Å²) >= 11 is 1.17. The third kappa shape index (κ3) is 1.56. The molecule has 1 aromatic carbocycles. The number of carbonyl (C=O) groups excluding carboxylic acids is 1. The van der Waals surface area contributed by atoms with Crippen molar-refractivity contribution in [2.24, 2.45) is 7.05 Å². The smallest absolute Gasteiger partial charge is 0.312 e. The van der Waals surface area contributed by atoms with Crippen LogP contribution in [0.3, 0.4) is 0 Å². The van der Waals surface area contributed by atoms with Crippen LogP contribution in [0.25, 0.3) is 11.0 Å². The van der Waals surface area contributed by atoms with Crippen molar-refractivity contribution in [2.45, 2.75) is 12.3 Å². The molecule has 0 spiro atoms. The summed E-state index contributed by atoms with van der Waals surface area (Å²) in [6.45, 7) is 0. The Kier molecular flexibility index (Phi) is 2.37. The first-order valence-corrected chi connectivity index (χ1v) is 6.91. The number of carbonyl (C=O) groups is 1. The second kappa shape index (κ2) is 4.11. The standard InChI is InChI=1S/C13H10N4O2S/c1-17-9(4-5-14-17)7-6-11(18)19-10-3-2-8-13(12(7)10)16-20-15-8/h2-5,7H,6H2,1H3/t7-/m1/s1. The van der Waals surface area contributed by atoms with Crippen molar-refractivity contribution in [1.29, 1.82) is 0 Å². The van der Waals surface area contributed by atoms with Crippen molar-refractivity contribution in [3.63, 3.8) is 0 Å². The van der Waals surface area contributed by atoms with Gasteiger partial charge in [-0.3, -0.25) is 9.48 Å². The monoisotopic (exact) mass is 286 g/mol. The Morgan fingerprint density at radius 1 is 1.35 bits per heavy atom. The fourth-order valence-corrected chi connectivity index (χ4v) is 3.24. The van der Waals surface area contributed by atoms with Gasteiger partial charge in [0.1, 0.15) is 16.8 Å². The van der Waals surface area contributed by atoms with E-state index in [1.54, 1.807) is 16.9 Å². The molecule has 7 heteroatoms. The number of ether oxygens (including phenoxy) is 1. The van der Waals surface area contributed by atoms with Gasteiger partial charge in [-0.25, -0.2) is 0 Å². The van der Waals surface area contributed by atoms with E-state index < -0.39 is 0 Å². The molecule has 0 saturated heterocycles. The first-order valence-electron chi connectivity index (χ1n) is 6.18. The van der Waals surface area contributed by atoms with Crippen LogP contribution in [0.2, 0.25) is 0 Å². The number of aromatic nitrogens is 4. The molecule has 0 fully saturated rings. The number of esters is 1. The number of hydrogen-bond acceptors (Lipinski definition) is 6. The van der Waals surface area contributed by atoms with E-state index in [0.29, 0.717) is 12.2 Å². The van der Waals surface area contributed by atoms with Crippen molar-refractivity contribution < 1.29 is 9.53 Å². The van der Waals surface area contributed by atoms with Gasteiger partial charge in [-0.05, 0) is 18.2 Å². The van der Waals surface area contributed by atoms with E-state index in [2.05, 4.69) is 13.8 Å². The van der Waals surface area contributed by atoms with Gasteiger partial charge < -0.3 is 4.74 Å². The largest absolute Gasteiger partial charge is 0.426 e. The van der Waals surface area contributed by atoms with Crippen molar-refractivity contribution in [2.75, 3.05) is 0 Å². The molecule has 1 atom stereocenters. The van der Waals surface area contributed by atoms with Gasteiger partial charge >= 0.3 is 5.97 Å². The minimum atomic E-state index is -0.230. The summed E-state index contributed by atoms with van der Waals surface area (Å²) in [5.41, 5.74) is 3.55. The molecule has 0 saturated carbocycles. The second-order valence-electron chi connectivity index (χ2n) is 4.72. The summed E-state index contributed by atoms with van der Waals surface area (Å²) < 4.78 is 15.7. The van der Waals surface area contributed by atoms with Crippen LogP contribution in [0.4, 0.5) is 0 Å². The SMILES string of the molecule is Cn1nccc1[C@H]1CC(=O)Oc2ccc3nsnc3c21. The first kappa shape index (κ1) is 11.5. The number of nitrogens with zero attached hydrogens (tertiary/aromatic N) is 4. The Bertz CT molecular complexity index is 823. The van der Waals surface area contributed by atoms with Crippen molar-refractivity contribution in [3.8, 4) is 5.75 Å².